The summed E-state index contributed by atoms with van der Waals surface area (Å²) < 4.78 is 0. The molecule has 80 valence electrons. The normalized spacial score (nSPS) is 15.0. The van der Waals surface area contributed by atoms with Crippen LogP contribution in [0.5, 0.6) is 0 Å². The van der Waals surface area contributed by atoms with Gasteiger partial charge in [0.1, 0.15) is 0 Å². The first kappa shape index (κ1) is 13.0. The van der Waals surface area contributed by atoms with Crippen molar-refractivity contribution in [1.29, 1.82) is 0 Å². The average Bonchev–Trinajstić information content (AvgIpc) is 2.02. The molecule has 0 aromatic rings. The maximum atomic E-state index is 2.55. The Morgan fingerprint density at radius 3 is 2.00 bits per heavy atom. The maximum absolute atomic E-state index is 2.55. The van der Waals surface area contributed by atoms with Crippen molar-refractivity contribution in [1.82, 2.24) is 4.90 Å². The molecule has 0 bridgehead atoms. The Morgan fingerprint density at radius 2 is 1.69 bits per heavy atom. The van der Waals surface area contributed by atoms with Gasteiger partial charge in [-0.3, -0.25) is 4.90 Å². The van der Waals surface area contributed by atoms with Gasteiger partial charge in [-0.1, -0.05) is 27.2 Å². The highest BCUT2D eigenvalue weighted by Gasteiger charge is 2.19. The topological polar surface area (TPSA) is 3.24 Å². The number of rotatable bonds is 5. The second-order valence-electron chi connectivity index (χ2n) is 5.05. The van der Waals surface area contributed by atoms with Crippen molar-refractivity contribution in [2.24, 2.45) is 5.92 Å². The Hall–Kier alpha value is -0.0400. The van der Waals surface area contributed by atoms with Gasteiger partial charge in [-0.25, -0.2) is 0 Å². The molecule has 0 aromatic carbocycles. The number of hydrogen-bond acceptors (Lipinski definition) is 1. The predicted octanol–water partition coefficient (Wildman–Crippen LogP) is 3.54. The van der Waals surface area contributed by atoms with Gasteiger partial charge in [0.2, 0.25) is 0 Å². The van der Waals surface area contributed by atoms with E-state index in [4.69, 9.17) is 0 Å². The van der Waals surface area contributed by atoms with Gasteiger partial charge in [-0.15, -0.1) is 0 Å². The molecule has 0 aliphatic heterocycles. The Morgan fingerprint density at radius 1 is 1.15 bits per heavy atom. The molecule has 1 heteroatoms. The highest BCUT2D eigenvalue weighted by molar-refractivity contribution is 4.75. The highest BCUT2D eigenvalue weighted by atomic mass is 15.2. The van der Waals surface area contributed by atoms with Crippen LogP contribution in [0.1, 0.15) is 54.4 Å². The molecule has 13 heavy (non-hydrogen) atoms. The summed E-state index contributed by atoms with van der Waals surface area (Å²) in [6.45, 7) is 16.2. The Kier molecular flexibility index (Phi) is 5.62. The predicted molar refractivity (Wildman–Crippen MR) is 61.1 cm³/mol. The first-order valence-corrected chi connectivity index (χ1v) is 5.66. The molecule has 1 nitrogen and oxygen atoms in total. The van der Waals surface area contributed by atoms with E-state index in [-0.39, 0.29) is 0 Å². The highest BCUT2D eigenvalue weighted by Crippen LogP contribution is 2.15. The van der Waals surface area contributed by atoms with Gasteiger partial charge in [-0.05, 0) is 46.2 Å². The van der Waals surface area contributed by atoms with Crippen molar-refractivity contribution in [3.05, 3.63) is 0 Å². The number of hydrogen-bond donors (Lipinski definition) is 0. The third-order valence-electron chi connectivity index (χ3n) is 2.92. The first-order valence-electron chi connectivity index (χ1n) is 5.66. The van der Waals surface area contributed by atoms with E-state index in [0.717, 1.165) is 5.92 Å². The van der Waals surface area contributed by atoms with Gasteiger partial charge in [0, 0.05) is 5.54 Å². The molecule has 0 aliphatic rings. The van der Waals surface area contributed by atoms with Crippen molar-refractivity contribution >= 4 is 0 Å². The van der Waals surface area contributed by atoms with Crippen molar-refractivity contribution < 1.29 is 0 Å². The standard InChI is InChI=1S/C12H27N/c1-7-11(3)9-10-13(8-2)12(4,5)6/h11H,7-10H2,1-6H3. The second-order valence-corrected chi connectivity index (χ2v) is 5.05. The fraction of sp³-hybridized carbons (Fsp3) is 1.00. The fourth-order valence-electron chi connectivity index (χ4n) is 1.55. The third kappa shape index (κ3) is 5.30. The van der Waals surface area contributed by atoms with E-state index in [2.05, 4.69) is 46.4 Å². The molecule has 0 amide bonds. The molecule has 0 fully saturated rings. The smallest absolute Gasteiger partial charge is 0.0124 e. The minimum Gasteiger partial charge on any atom is -0.299 e. The zero-order valence-corrected chi connectivity index (χ0v) is 10.4. The summed E-state index contributed by atoms with van der Waals surface area (Å²) in [6.07, 6.45) is 2.64. The number of nitrogens with zero attached hydrogens (tertiary/aromatic N) is 1. The lowest BCUT2D eigenvalue weighted by Crippen LogP contribution is -2.42. The van der Waals surface area contributed by atoms with Crippen LogP contribution < -0.4 is 0 Å². The summed E-state index contributed by atoms with van der Waals surface area (Å²) in [5.41, 5.74) is 0.336. The minimum absolute atomic E-state index is 0.336. The van der Waals surface area contributed by atoms with Crippen LogP contribution >= 0.6 is 0 Å². The maximum Gasteiger partial charge on any atom is 0.0124 e. The molecule has 0 radical (unpaired) electrons. The molecule has 0 N–H and O–H groups in total. The lowest BCUT2D eigenvalue weighted by molar-refractivity contribution is 0.135. The van der Waals surface area contributed by atoms with Crippen LogP contribution in [-0.2, 0) is 0 Å². The van der Waals surface area contributed by atoms with Crippen LogP contribution in [0, 0.1) is 5.92 Å². The molecule has 0 aliphatic carbocycles. The summed E-state index contributed by atoms with van der Waals surface area (Å²) in [5, 5.41) is 0. The van der Waals surface area contributed by atoms with Crippen LogP contribution in [0.25, 0.3) is 0 Å². The zero-order valence-electron chi connectivity index (χ0n) is 10.4. The van der Waals surface area contributed by atoms with Gasteiger partial charge in [0.15, 0.2) is 0 Å². The van der Waals surface area contributed by atoms with Gasteiger partial charge in [-0.2, -0.15) is 0 Å². The van der Waals surface area contributed by atoms with Gasteiger partial charge < -0.3 is 0 Å². The molecule has 0 saturated heterocycles. The van der Waals surface area contributed by atoms with Crippen LogP contribution in [0.15, 0.2) is 0 Å². The quantitative estimate of drug-likeness (QED) is 0.633. The zero-order chi connectivity index (χ0) is 10.5. The second kappa shape index (κ2) is 5.64. The van der Waals surface area contributed by atoms with E-state index >= 15 is 0 Å². The molecule has 0 saturated carbocycles. The Bertz CT molecular complexity index is 124. The molecule has 0 rings (SSSR count). The van der Waals surface area contributed by atoms with Crippen molar-refractivity contribution in [2.45, 2.75) is 59.9 Å². The molecule has 0 aromatic heterocycles. The van der Waals surface area contributed by atoms with E-state index < -0.39 is 0 Å². The monoisotopic (exact) mass is 185 g/mol. The summed E-state index contributed by atoms with van der Waals surface area (Å²) in [4.78, 5) is 2.55. The fourth-order valence-corrected chi connectivity index (χ4v) is 1.55. The van der Waals surface area contributed by atoms with Crippen molar-refractivity contribution in [3.8, 4) is 0 Å². The van der Waals surface area contributed by atoms with E-state index in [1.807, 2.05) is 0 Å². The van der Waals surface area contributed by atoms with Crippen LogP contribution in [0.4, 0.5) is 0 Å². The van der Waals surface area contributed by atoms with Crippen LogP contribution in [0.2, 0.25) is 0 Å². The lowest BCUT2D eigenvalue weighted by atomic mass is 10.0. The lowest BCUT2D eigenvalue weighted by Gasteiger charge is -2.35. The van der Waals surface area contributed by atoms with E-state index in [1.165, 1.54) is 25.9 Å². The van der Waals surface area contributed by atoms with Crippen molar-refractivity contribution in [3.63, 3.8) is 0 Å². The van der Waals surface area contributed by atoms with Crippen molar-refractivity contribution in [2.75, 3.05) is 13.1 Å². The van der Waals surface area contributed by atoms with E-state index in [0.29, 0.717) is 5.54 Å². The molecular formula is C12H27N. The van der Waals surface area contributed by atoms with E-state index in [9.17, 15) is 0 Å². The molecule has 0 heterocycles. The van der Waals surface area contributed by atoms with E-state index in [1.54, 1.807) is 0 Å². The van der Waals surface area contributed by atoms with Gasteiger partial charge in [0.25, 0.3) is 0 Å². The third-order valence-corrected chi connectivity index (χ3v) is 2.92. The summed E-state index contributed by atoms with van der Waals surface area (Å²) in [7, 11) is 0. The molecule has 0 spiro atoms. The summed E-state index contributed by atoms with van der Waals surface area (Å²) >= 11 is 0. The SMILES string of the molecule is CCC(C)CCN(CC)C(C)(C)C. The van der Waals surface area contributed by atoms with Crippen LogP contribution in [-0.4, -0.2) is 23.5 Å². The Labute approximate surface area is 84.5 Å². The molecule has 1 unspecified atom stereocenters. The Balaban J connectivity index is 3.86. The van der Waals surface area contributed by atoms with Gasteiger partial charge >= 0.3 is 0 Å². The summed E-state index contributed by atoms with van der Waals surface area (Å²) in [6, 6.07) is 0. The molecule has 1 atom stereocenters. The summed E-state index contributed by atoms with van der Waals surface area (Å²) in [5.74, 6) is 0.872. The largest absolute Gasteiger partial charge is 0.299 e. The van der Waals surface area contributed by atoms with Gasteiger partial charge in [0.05, 0.1) is 0 Å². The molecular weight excluding hydrogens is 158 g/mol. The minimum atomic E-state index is 0.336. The first-order chi connectivity index (χ1) is 5.91. The average molecular weight is 185 g/mol. The van der Waals surface area contributed by atoms with Crippen LogP contribution in [0.3, 0.4) is 0 Å².